The van der Waals surface area contributed by atoms with E-state index in [9.17, 15) is 9.59 Å². The number of methoxy groups -OCH3 is 2. The van der Waals surface area contributed by atoms with Gasteiger partial charge in [-0.25, -0.2) is 19.6 Å². The van der Waals surface area contributed by atoms with Crippen molar-refractivity contribution in [3.63, 3.8) is 0 Å². The largest absolute Gasteiger partial charge is 0.465 e. The highest BCUT2D eigenvalue weighted by Gasteiger charge is 2.27. The molecule has 0 aliphatic heterocycles. The second-order valence-electron chi connectivity index (χ2n) is 7.71. The van der Waals surface area contributed by atoms with Crippen molar-refractivity contribution in [2.45, 2.75) is 0 Å². The van der Waals surface area contributed by atoms with Crippen molar-refractivity contribution in [2.75, 3.05) is 14.2 Å². The van der Waals surface area contributed by atoms with E-state index in [0.29, 0.717) is 22.5 Å². The van der Waals surface area contributed by atoms with E-state index in [0.717, 1.165) is 33.3 Å². The van der Waals surface area contributed by atoms with Crippen molar-refractivity contribution >= 4 is 45.5 Å². The minimum absolute atomic E-state index is 0.394. The molecule has 0 saturated carbocycles. The molecule has 0 bridgehead atoms. The van der Waals surface area contributed by atoms with E-state index in [1.807, 2.05) is 24.3 Å². The molecular formula is C28H20N2O4. The Balaban J connectivity index is 1.64. The van der Waals surface area contributed by atoms with Gasteiger partial charge >= 0.3 is 11.9 Å². The first-order chi connectivity index (χ1) is 16.6. The van der Waals surface area contributed by atoms with Gasteiger partial charge in [0.25, 0.3) is 0 Å². The van der Waals surface area contributed by atoms with E-state index in [-0.39, 0.29) is 0 Å². The summed E-state index contributed by atoms with van der Waals surface area (Å²) in [5.41, 5.74) is 5.79. The molecular weight excluding hydrogens is 428 g/mol. The second kappa shape index (κ2) is 8.75. The van der Waals surface area contributed by atoms with Crippen LogP contribution in [0.3, 0.4) is 0 Å². The molecule has 0 heterocycles. The fraction of sp³-hybridized carbons (Fsp3) is 0.0714. The Kier molecular flexibility index (Phi) is 5.47. The first kappa shape index (κ1) is 21.3. The Morgan fingerprint density at radius 3 is 1.38 bits per heavy atom. The fourth-order valence-corrected chi connectivity index (χ4v) is 4.06. The first-order valence-corrected chi connectivity index (χ1v) is 10.7. The van der Waals surface area contributed by atoms with Crippen LogP contribution >= 0.6 is 0 Å². The summed E-state index contributed by atoms with van der Waals surface area (Å²) in [5, 5.41) is 2.20. The Labute approximate surface area is 196 Å². The van der Waals surface area contributed by atoms with E-state index < -0.39 is 11.9 Å². The monoisotopic (exact) mass is 448 g/mol. The average Bonchev–Trinajstić information content (AvgIpc) is 3.18. The molecule has 0 amide bonds. The lowest BCUT2D eigenvalue weighted by molar-refractivity contribution is 0.0592. The van der Waals surface area contributed by atoms with Gasteiger partial charge in [-0.2, -0.15) is 0 Å². The molecule has 34 heavy (non-hydrogen) atoms. The number of carbonyl (C=O) groups is 2. The Bertz CT molecular complexity index is 1370. The van der Waals surface area contributed by atoms with Crippen LogP contribution < -0.4 is 0 Å². The van der Waals surface area contributed by atoms with Gasteiger partial charge in [-0.1, -0.05) is 36.4 Å². The van der Waals surface area contributed by atoms with Crippen LogP contribution in [-0.2, 0) is 9.47 Å². The number of hydrogen-bond donors (Lipinski definition) is 0. The van der Waals surface area contributed by atoms with Crippen LogP contribution in [-0.4, -0.2) is 37.6 Å². The lowest BCUT2D eigenvalue weighted by Crippen LogP contribution is -2.10. The van der Waals surface area contributed by atoms with Crippen molar-refractivity contribution < 1.29 is 19.1 Å². The van der Waals surface area contributed by atoms with Gasteiger partial charge in [-0.3, -0.25) is 0 Å². The van der Waals surface area contributed by atoms with Crippen LogP contribution in [0.2, 0.25) is 0 Å². The number of benzene rings is 4. The van der Waals surface area contributed by atoms with Crippen LogP contribution in [0.1, 0.15) is 31.8 Å². The van der Waals surface area contributed by atoms with Gasteiger partial charge in [0.1, 0.15) is 0 Å². The van der Waals surface area contributed by atoms with Gasteiger partial charge in [0.15, 0.2) is 0 Å². The van der Waals surface area contributed by atoms with Crippen molar-refractivity contribution in [3.05, 3.63) is 107 Å². The summed E-state index contributed by atoms with van der Waals surface area (Å²) in [6.07, 6.45) is 0. The summed E-state index contributed by atoms with van der Waals surface area (Å²) in [4.78, 5) is 33.4. The van der Waals surface area contributed by atoms with Gasteiger partial charge in [0.05, 0.1) is 48.1 Å². The second-order valence-corrected chi connectivity index (χ2v) is 7.71. The van der Waals surface area contributed by atoms with Crippen LogP contribution in [0.5, 0.6) is 0 Å². The molecule has 4 aromatic rings. The predicted molar refractivity (Wildman–Crippen MR) is 132 cm³/mol. The minimum Gasteiger partial charge on any atom is -0.465 e. The number of ether oxygens (including phenoxy) is 2. The Hall–Kier alpha value is -4.58. The van der Waals surface area contributed by atoms with Gasteiger partial charge in [-0.15, -0.1) is 0 Å². The molecule has 0 N–H and O–H groups in total. The van der Waals surface area contributed by atoms with Gasteiger partial charge in [-0.05, 0) is 53.9 Å². The zero-order valence-corrected chi connectivity index (χ0v) is 18.6. The molecule has 6 heteroatoms. The van der Waals surface area contributed by atoms with Crippen LogP contribution in [0.25, 0.3) is 10.8 Å². The van der Waals surface area contributed by atoms with Gasteiger partial charge in [0.2, 0.25) is 0 Å². The molecule has 0 saturated heterocycles. The third-order valence-electron chi connectivity index (χ3n) is 5.70. The van der Waals surface area contributed by atoms with E-state index >= 15 is 0 Å². The summed E-state index contributed by atoms with van der Waals surface area (Å²) in [6.45, 7) is 0. The van der Waals surface area contributed by atoms with Crippen molar-refractivity contribution in [1.29, 1.82) is 0 Å². The zero-order valence-electron chi connectivity index (χ0n) is 18.6. The lowest BCUT2D eigenvalue weighted by atomic mass is 10.1. The van der Waals surface area contributed by atoms with Crippen molar-refractivity contribution in [3.8, 4) is 0 Å². The smallest absolute Gasteiger partial charge is 0.337 e. The van der Waals surface area contributed by atoms with E-state index in [1.54, 1.807) is 48.5 Å². The maximum Gasteiger partial charge on any atom is 0.337 e. The number of aliphatic imine (C=N–C) groups is 2. The summed E-state index contributed by atoms with van der Waals surface area (Å²) in [7, 11) is 2.71. The van der Waals surface area contributed by atoms with Crippen LogP contribution in [0.15, 0.2) is 94.9 Å². The molecule has 6 nitrogen and oxygen atoms in total. The maximum absolute atomic E-state index is 11.8. The normalized spacial score (nSPS) is 14.5. The molecule has 166 valence electrons. The van der Waals surface area contributed by atoms with E-state index in [4.69, 9.17) is 19.5 Å². The summed E-state index contributed by atoms with van der Waals surface area (Å²) >= 11 is 0. The quantitative estimate of drug-likeness (QED) is 0.377. The summed E-state index contributed by atoms with van der Waals surface area (Å²) < 4.78 is 9.56. The highest BCUT2D eigenvalue weighted by molar-refractivity contribution is 6.61. The molecule has 5 rings (SSSR count). The first-order valence-electron chi connectivity index (χ1n) is 10.7. The SMILES string of the molecule is COC(=O)c1ccc(N=C2C(=Nc3ccc(C(=O)OC)cc3)c3cccc4cccc2c34)cc1. The fourth-order valence-electron chi connectivity index (χ4n) is 4.06. The number of nitrogens with zero attached hydrogens (tertiary/aromatic N) is 2. The third-order valence-corrected chi connectivity index (χ3v) is 5.70. The number of carbonyl (C=O) groups excluding carboxylic acids is 2. The molecule has 4 aromatic carbocycles. The zero-order chi connectivity index (χ0) is 23.7. The molecule has 0 aromatic heterocycles. The number of rotatable bonds is 4. The molecule has 0 atom stereocenters. The highest BCUT2D eigenvalue weighted by Crippen LogP contribution is 2.34. The average molecular weight is 448 g/mol. The van der Waals surface area contributed by atoms with E-state index in [1.165, 1.54) is 14.2 Å². The predicted octanol–water partition coefficient (Wildman–Crippen LogP) is 5.67. The number of hydrogen-bond acceptors (Lipinski definition) is 6. The molecule has 0 radical (unpaired) electrons. The third kappa shape index (κ3) is 3.75. The topological polar surface area (TPSA) is 77.3 Å². The van der Waals surface area contributed by atoms with E-state index in [2.05, 4.69) is 12.1 Å². The Morgan fingerprint density at radius 1 is 0.588 bits per heavy atom. The van der Waals surface area contributed by atoms with Crippen LogP contribution in [0.4, 0.5) is 11.4 Å². The van der Waals surface area contributed by atoms with Gasteiger partial charge in [0, 0.05) is 16.5 Å². The molecule has 0 unspecified atom stereocenters. The molecule has 1 aliphatic carbocycles. The molecule has 1 aliphatic rings. The standard InChI is InChI=1S/C28H20N2O4/c1-33-27(31)18-9-13-20(14-10-18)29-25-22-7-3-5-17-6-4-8-23(24(17)22)26(25)30-21-15-11-19(12-16-21)28(32)34-2/h3-16H,1-2H3. The highest BCUT2D eigenvalue weighted by atomic mass is 16.5. The molecule has 0 spiro atoms. The van der Waals surface area contributed by atoms with Gasteiger partial charge < -0.3 is 9.47 Å². The van der Waals surface area contributed by atoms with Crippen LogP contribution in [0, 0.1) is 0 Å². The summed E-state index contributed by atoms with van der Waals surface area (Å²) in [6, 6.07) is 26.1. The lowest BCUT2D eigenvalue weighted by Gasteiger charge is -2.05. The van der Waals surface area contributed by atoms with Crippen molar-refractivity contribution in [1.82, 2.24) is 0 Å². The molecule has 0 fully saturated rings. The minimum atomic E-state index is -0.394. The van der Waals surface area contributed by atoms with Crippen molar-refractivity contribution in [2.24, 2.45) is 9.98 Å². The summed E-state index contributed by atoms with van der Waals surface area (Å²) in [5.74, 6) is -0.787. The number of esters is 2. The maximum atomic E-state index is 11.8. The Morgan fingerprint density at radius 2 is 1.00 bits per heavy atom.